The lowest BCUT2D eigenvalue weighted by Crippen LogP contribution is -2.46. The van der Waals surface area contributed by atoms with Crippen molar-refractivity contribution < 1.29 is 9.59 Å². The second-order valence-corrected chi connectivity index (χ2v) is 6.78. The first-order chi connectivity index (χ1) is 12.0. The number of halogens is 2. The average molecular weight is 381 g/mol. The molecule has 0 radical (unpaired) electrons. The lowest BCUT2D eigenvalue weighted by atomic mass is 10.1. The van der Waals surface area contributed by atoms with Crippen LogP contribution in [0, 0.1) is 0 Å². The molecule has 1 atom stereocenters. The normalized spacial score (nSPS) is 16.9. The molecule has 0 aliphatic carbocycles. The van der Waals surface area contributed by atoms with E-state index in [1.165, 1.54) is 0 Å². The molecule has 8 heteroatoms. The molecule has 1 aromatic carbocycles. The summed E-state index contributed by atoms with van der Waals surface area (Å²) in [5.74, 6) is -0.365. The topological polar surface area (TPSA) is 67.2 Å². The van der Waals surface area contributed by atoms with E-state index in [1.54, 1.807) is 35.6 Å². The second kappa shape index (κ2) is 7.89. The number of hydrogen-bond donors (Lipinski definition) is 1. The third kappa shape index (κ3) is 4.32. The van der Waals surface area contributed by atoms with Gasteiger partial charge in [0, 0.05) is 47.6 Å². The van der Waals surface area contributed by atoms with Crippen LogP contribution in [0.2, 0.25) is 10.0 Å². The molecule has 2 heterocycles. The number of hydrogen-bond acceptors (Lipinski definition) is 3. The summed E-state index contributed by atoms with van der Waals surface area (Å²) in [6.07, 6.45) is 6.66. The molecule has 2 amide bonds. The Balaban J connectivity index is 1.62. The van der Waals surface area contributed by atoms with Crippen molar-refractivity contribution in [3.63, 3.8) is 0 Å². The first kappa shape index (κ1) is 17.8. The van der Waals surface area contributed by atoms with E-state index in [0.717, 1.165) is 6.42 Å². The van der Waals surface area contributed by atoms with Gasteiger partial charge >= 0.3 is 0 Å². The second-order valence-electron chi connectivity index (χ2n) is 5.91. The Labute approximate surface area is 155 Å². The molecule has 1 N–H and O–H groups in total. The highest BCUT2D eigenvalue weighted by Gasteiger charge is 2.34. The summed E-state index contributed by atoms with van der Waals surface area (Å²) >= 11 is 12.0. The number of rotatable bonds is 5. The van der Waals surface area contributed by atoms with Crippen LogP contribution in [0.5, 0.6) is 0 Å². The number of likely N-dealkylation sites (tertiary alicyclic amines) is 1. The van der Waals surface area contributed by atoms with Crippen LogP contribution in [0.25, 0.3) is 0 Å². The van der Waals surface area contributed by atoms with E-state index in [1.807, 2.05) is 10.8 Å². The largest absolute Gasteiger partial charge is 0.353 e. The Morgan fingerprint density at radius 1 is 1.24 bits per heavy atom. The Hall–Kier alpha value is -2.05. The summed E-state index contributed by atoms with van der Waals surface area (Å²) < 4.78 is 1.88. The van der Waals surface area contributed by atoms with Crippen molar-refractivity contribution in [2.75, 3.05) is 13.1 Å². The maximum atomic E-state index is 12.7. The highest BCUT2D eigenvalue weighted by Crippen LogP contribution is 2.24. The lowest BCUT2D eigenvalue weighted by molar-refractivity contribution is -0.124. The fourth-order valence-electron chi connectivity index (χ4n) is 2.97. The summed E-state index contributed by atoms with van der Waals surface area (Å²) in [7, 11) is 0. The van der Waals surface area contributed by atoms with E-state index in [0.29, 0.717) is 41.7 Å². The molecule has 6 nitrogen and oxygen atoms in total. The smallest absolute Gasteiger partial charge is 0.254 e. The number of nitrogens with one attached hydrogen (secondary N) is 1. The minimum absolute atomic E-state index is 0.140. The minimum Gasteiger partial charge on any atom is -0.353 e. The molecule has 0 bridgehead atoms. The van der Waals surface area contributed by atoms with Crippen molar-refractivity contribution in [3.05, 3.63) is 52.5 Å². The van der Waals surface area contributed by atoms with Gasteiger partial charge in [0.25, 0.3) is 5.91 Å². The van der Waals surface area contributed by atoms with Crippen molar-refractivity contribution in [2.24, 2.45) is 0 Å². The molecule has 1 unspecified atom stereocenters. The highest BCUT2D eigenvalue weighted by molar-refractivity contribution is 6.35. The number of benzene rings is 1. The average Bonchev–Trinajstić information content (AvgIpc) is 3.24. The van der Waals surface area contributed by atoms with Crippen molar-refractivity contribution in [2.45, 2.75) is 25.4 Å². The number of imidazole rings is 1. The van der Waals surface area contributed by atoms with Crippen LogP contribution in [0.4, 0.5) is 0 Å². The molecule has 25 heavy (non-hydrogen) atoms. The summed E-state index contributed by atoms with van der Waals surface area (Å²) in [6.45, 7) is 1.66. The SMILES string of the molecule is O=C(NCCn1ccnc1)C1CCCN1C(=O)c1cc(Cl)cc(Cl)c1. The fourth-order valence-corrected chi connectivity index (χ4v) is 3.50. The van der Waals surface area contributed by atoms with Gasteiger partial charge in [-0.15, -0.1) is 0 Å². The van der Waals surface area contributed by atoms with Gasteiger partial charge in [-0.1, -0.05) is 23.2 Å². The van der Waals surface area contributed by atoms with Gasteiger partial charge in [-0.3, -0.25) is 9.59 Å². The van der Waals surface area contributed by atoms with Gasteiger partial charge in [0.2, 0.25) is 5.91 Å². The van der Waals surface area contributed by atoms with Gasteiger partial charge in [0.15, 0.2) is 0 Å². The molecule has 1 aliphatic rings. The Morgan fingerprint density at radius 2 is 2.00 bits per heavy atom. The van der Waals surface area contributed by atoms with E-state index in [-0.39, 0.29) is 11.8 Å². The quantitative estimate of drug-likeness (QED) is 0.866. The summed E-state index contributed by atoms with van der Waals surface area (Å²) in [5.41, 5.74) is 0.399. The molecule has 1 aliphatic heterocycles. The van der Waals surface area contributed by atoms with Gasteiger partial charge in [-0.2, -0.15) is 0 Å². The zero-order valence-electron chi connectivity index (χ0n) is 13.5. The van der Waals surface area contributed by atoms with Gasteiger partial charge in [0.1, 0.15) is 6.04 Å². The van der Waals surface area contributed by atoms with Gasteiger partial charge < -0.3 is 14.8 Å². The van der Waals surface area contributed by atoms with Gasteiger partial charge in [-0.05, 0) is 31.0 Å². The van der Waals surface area contributed by atoms with Gasteiger partial charge in [0.05, 0.1) is 6.33 Å². The first-order valence-electron chi connectivity index (χ1n) is 8.05. The summed E-state index contributed by atoms with van der Waals surface area (Å²) in [6, 6.07) is 4.25. The van der Waals surface area contributed by atoms with Crippen LogP contribution in [-0.4, -0.2) is 45.4 Å². The number of carbonyl (C=O) groups is 2. The molecular weight excluding hydrogens is 363 g/mol. The van der Waals surface area contributed by atoms with Crippen LogP contribution in [0.15, 0.2) is 36.9 Å². The van der Waals surface area contributed by atoms with Crippen molar-refractivity contribution >= 4 is 35.0 Å². The van der Waals surface area contributed by atoms with E-state index < -0.39 is 6.04 Å². The zero-order valence-corrected chi connectivity index (χ0v) is 15.0. The maximum absolute atomic E-state index is 12.7. The zero-order chi connectivity index (χ0) is 17.8. The van der Waals surface area contributed by atoms with E-state index in [9.17, 15) is 9.59 Å². The van der Waals surface area contributed by atoms with E-state index >= 15 is 0 Å². The molecule has 1 fully saturated rings. The molecule has 0 spiro atoms. The third-order valence-corrected chi connectivity index (χ3v) is 4.59. The Bertz CT molecular complexity index is 744. The predicted molar refractivity (Wildman–Crippen MR) is 95.8 cm³/mol. The highest BCUT2D eigenvalue weighted by atomic mass is 35.5. The van der Waals surface area contributed by atoms with Crippen molar-refractivity contribution in [1.82, 2.24) is 19.8 Å². The number of aromatic nitrogens is 2. The molecule has 2 aromatic rings. The molecule has 1 aromatic heterocycles. The molecule has 132 valence electrons. The van der Waals surface area contributed by atoms with Crippen LogP contribution >= 0.6 is 23.2 Å². The molecule has 3 rings (SSSR count). The maximum Gasteiger partial charge on any atom is 0.254 e. The Kier molecular flexibility index (Phi) is 5.60. The Morgan fingerprint density at radius 3 is 2.68 bits per heavy atom. The lowest BCUT2D eigenvalue weighted by Gasteiger charge is -2.24. The van der Waals surface area contributed by atoms with Crippen molar-refractivity contribution in [1.29, 1.82) is 0 Å². The predicted octanol–water partition coefficient (Wildman–Crippen LogP) is 2.61. The molecule has 1 saturated heterocycles. The summed E-state index contributed by atoms with van der Waals surface area (Å²) in [5, 5.41) is 3.69. The third-order valence-electron chi connectivity index (χ3n) is 4.15. The number of amides is 2. The van der Waals surface area contributed by atoms with E-state index in [4.69, 9.17) is 23.2 Å². The van der Waals surface area contributed by atoms with Crippen molar-refractivity contribution in [3.8, 4) is 0 Å². The number of nitrogens with zero attached hydrogens (tertiary/aromatic N) is 3. The fraction of sp³-hybridized carbons (Fsp3) is 0.353. The number of carbonyl (C=O) groups excluding carboxylic acids is 2. The van der Waals surface area contributed by atoms with E-state index in [2.05, 4.69) is 10.3 Å². The standard InChI is InChI=1S/C17H18Cl2N4O2/c18-13-8-12(9-14(19)10-13)17(25)23-5-1-2-15(23)16(24)21-4-7-22-6-3-20-11-22/h3,6,8-11,15H,1-2,4-5,7H2,(H,21,24). The monoisotopic (exact) mass is 380 g/mol. The molecular formula is C17H18Cl2N4O2. The van der Waals surface area contributed by atoms with Crippen LogP contribution in [0.1, 0.15) is 23.2 Å². The minimum atomic E-state index is -0.465. The van der Waals surface area contributed by atoms with Crippen LogP contribution in [0.3, 0.4) is 0 Å². The molecule has 0 saturated carbocycles. The first-order valence-corrected chi connectivity index (χ1v) is 8.81. The summed E-state index contributed by atoms with van der Waals surface area (Å²) in [4.78, 5) is 30.8. The van der Waals surface area contributed by atoms with Crippen LogP contribution < -0.4 is 5.32 Å². The van der Waals surface area contributed by atoms with Crippen LogP contribution in [-0.2, 0) is 11.3 Å². The van der Waals surface area contributed by atoms with Gasteiger partial charge in [-0.25, -0.2) is 4.98 Å².